The lowest BCUT2D eigenvalue weighted by Crippen LogP contribution is -2.51. The van der Waals surface area contributed by atoms with Gasteiger partial charge in [-0.25, -0.2) is 0 Å². The minimum Gasteiger partial charge on any atom is -0.459 e. The number of piperazine rings is 1. The van der Waals surface area contributed by atoms with Gasteiger partial charge in [0.2, 0.25) is 5.91 Å². The number of hydrogen-bond donors (Lipinski definition) is 0. The van der Waals surface area contributed by atoms with Crippen molar-refractivity contribution in [3.8, 4) is 0 Å². The van der Waals surface area contributed by atoms with Gasteiger partial charge in [0.05, 0.1) is 10.6 Å². The van der Waals surface area contributed by atoms with E-state index in [2.05, 4.69) is 11.0 Å². The van der Waals surface area contributed by atoms with Crippen LogP contribution >= 0.6 is 22.9 Å². The Balaban J connectivity index is 1.23. The standard InChI is InChI=1S/C20H24ClN3O3S/c21-18-4-3-16(28-18)14-22-9-11-24(12-10-22)19(25)15-5-7-23(8-6-15)20(26)17-2-1-13-27-17/h1-4,13,15H,5-12,14H2. The molecule has 2 aromatic rings. The van der Waals surface area contributed by atoms with E-state index in [4.69, 9.17) is 16.0 Å². The van der Waals surface area contributed by atoms with Gasteiger partial charge in [0.15, 0.2) is 5.76 Å². The van der Waals surface area contributed by atoms with Crippen LogP contribution in [0.2, 0.25) is 4.34 Å². The molecule has 0 atom stereocenters. The minimum atomic E-state index is -0.0850. The Hall–Kier alpha value is -1.83. The summed E-state index contributed by atoms with van der Waals surface area (Å²) in [7, 11) is 0. The first kappa shape index (κ1) is 19.5. The first-order valence-corrected chi connectivity index (χ1v) is 10.9. The maximum atomic E-state index is 12.9. The van der Waals surface area contributed by atoms with Crippen LogP contribution in [0, 0.1) is 5.92 Å². The molecule has 28 heavy (non-hydrogen) atoms. The monoisotopic (exact) mass is 421 g/mol. The molecule has 2 aliphatic heterocycles. The molecule has 8 heteroatoms. The Labute approximate surface area is 173 Å². The van der Waals surface area contributed by atoms with Gasteiger partial charge >= 0.3 is 0 Å². The number of halogens is 1. The van der Waals surface area contributed by atoms with Crippen LogP contribution in [0.3, 0.4) is 0 Å². The SMILES string of the molecule is O=C(c1ccco1)N1CCC(C(=O)N2CCN(Cc3ccc(Cl)s3)CC2)CC1. The summed E-state index contributed by atoms with van der Waals surface area (Å²) in [5.41, 5.74) is 0. The Kier molecular flexibility index (Phi) is 6.04. The highest BCUT2D eigenvalue weighted by molar-refractivity contribution is 7.16. The molecule has 2 fully saturated rings. The van der Waals surface area contributed by atoms with Gasteiger partial charge in [0.25, 0.3) is 5.91 Å². The molecule has 4 rings (SSSR count). The maximum Gasteiger partial charge on any atom is 0.289 e. The Bertz CT molecular complexity index is 807. The van der Waals surface area contributed by atoms with Crippen molar-refractivity contribution < 1.29 is 14.0 Å². The van der Waals surface area contributed by atoms with E-state index in [1.54, 1.807) is 28.4 Å². The number of rotatable bonds is 4. The Morgan fingerprint density at radius 1 is 1.04 bits per heavy atom. The van der Waals surface area contributed by atoms with Crippen LogP contribution in [0.1, 0.15) is 28.3 Å². The third-order valence-corrected chi connectivity index (χ3v) is 6.77. The lowest BCUT2D eigenvalue weighted by atomic mass is 9.94. The second kappa shape index (κ2) is 8.68. The highest BCUT2D eigenvalue weighted by Gasteiger charge is 2.32. The summed E-state index contributed by atoms with van der Waals surface area (Å²) < 4.78 is 6.01. The van der Waals surface area contributed by atoms with Crippen molar-refractivity contribution in [3.05, 3.63) is 45.5 Å². The second-order valence-corrected chi connectivity index (χ2v) is 9.15. The number of piperidine rings is 1. The van der Waals surface area contributed by atoms with Crippen LogP contribution in [0.25, 0.3) is 0 Å². The van der Waals surface area contributed by atoms with Crippen LogP contribution in [-0.2, 0) is 11.3 Å². The van der Waals surface area contributed by atoms with Crippen molar-refractivity contribution in [1.82, 2.24) is 14.7 Å². The number of hydrogen-bond acceptors (Lipinski definition) is 5. The topological polar surface area (TPSA) is 57.0 Å². The lowest BCUT2D eigenvalue weighted by Gasteiger charge is -2.38. The maximum absolute atomic E-state index is 12.9. The fraction of sp³-hybridized carbons (Fsp3) is 0.500. The predicted molar refractivity (Wildman–Crippen MR) is 109 cm³/mol. The summed E-state index contributed by atoms with van der Waals surface area (Å²) >= 11 is 7.62. The molecule has 2 amide bonds. The van der Waals surface area contributed by atoms with Crippen LogP contribution in [0.4, 0.5) is 0 Å². The molecule has 6 nitrogen and oxygen atoms in total. The van der Waals surface area contributed by atoms with Gasteiger partial charge in [0, 0.05) is 56.6 Å². The molecule has 2 saturated heterocycles. The summed E-state index contributed by atoms with van der Waals surface area (Å²) in [5, 5.41) is 0. The molecule has 0 aliphatic carbocycles. The highest BCUT2D eigenvalue weighted by atomic mass is 35.5. The van der Waals surface area contributed by atoms with Crippen molar-refractivity contribution in [3.63, 3.8) is 0 Å². The van der Waals surface area contributed by atoms with Crippen molar-refractivity contribution in [2.75, 3.05) is 39.3 Å². The molecule has 4 heterocycles. The van der Waals surface area contributed by atoms with Crippen LogP contribution < -0.4 is 0 Å². The van der Waals surface area contributed by atoms with E-state index in [1.165, 1.54) is 11.1 Å². The zero-order chi connectivity index (χ0) is 19.5. The third-order valence-electron chi connectivity index (χ3n) is 5.56. The quantitative estimate of drug-likeness (QED) is 0.760. The molecule has 150 valence electrons. The van der Waals surface area contributed by atoms with Crippen LogP contribution in [0.5, 0.6) is 0 Å². The molecule has 0 saturated carbocycles. The first-order valence-electron chi connectivity index (χ1n) is 9.68. The van der Waals surface area contributed by atoms with E-state index in [1.807, 2.05) is 11.0 Å². The number of likely N-dealkylation sites (tertiary alicyclic amines) is 1. The fourth-order valence-corrected chi connectivity index (χ4v) is 5.06. The largest absolute Gasteiger partial charge is 0.459 e. The van der Waals surface area contributed by atoms with Crippen molar-refractivity contribution in [2.24, 2.45) is 5.92 Å². The number of thiophene rings is 1. The van der Waals surface area contributed by atoms with Gasteiger partial charge in [-0.1, -0.05) is 11.6 Å². The number of nitrogens with zero attached hydrogens (tertiary/aromatic N) is 3. The molecule has 0 spiro atoms. The van der Waals surface area contributed by atoms with Crippen LogP contribution in [0.15, 0.2) is 34.9 Å². The van der Waals surface area contributed by atoms with Crippen LogP contribution in [-0.4, -0.2) is 65.8 Å². The van der Waals surface area contributed by atoms with E-state index >= 15 is 0 Å². The van der Waals surface area contributed by atoms with Gasteiger partial charge in [-0.2, -0.15) is 0 Å². The average molecular weight is 422 g/mol. The van der Waals surface area contributed by atoms with Crippen molar-refractivity contribution in [2.45, 2.75) is 19.4 Å². The Morgan fingerprint density at radius 3 is 2.39 bits per heavy atom. The zero-order valence-electron chi connectivity index (χ0n) is 15.7. The van der Waals surface area contributed by atoms with Gasteiger partial charge in [-0.05, 0) is 37.1 Å². The van der Waals surface area contributed by atoms with E-state index < -0.39 is 0 Å². The molecule has 2 aromatic heterocycles. The summed E-state index contributed by atoms with van der Waals surface area (Å²) in [4.78, 5) is 32.7. The van der Waals surface area contributed by atoms with Gasteiger partial charge in [-0.3, -0.25) is 14.5 Å². The van der Waals surface area contributed by atoms with E-state index in [0.29, 0.717) is 18.8 Å². The number of carbonyl (C=O) groups is 2. The average Bonchev–Trinajstić information content (AvgIpc) is 3.40. The molecule has 0 aromatic carbocycles. The molecule has 0 radical (unpaired) electrons. The summed E-state index contributed by atoms with van der Waals surface area (Å²) in [6.45, 7) is 5.41. The highest BCUT2D eigenvalue weighted by Crippen LogP contribution is 2.24. The van der Waals surface area contributed by atoms with Gasteiger partial charge in [-0.15, -0.1) is 11.3 Å². The molecule has 0 N–H and O–H groups in total. The van der Waals surface area contributed by atoms with E-state index in [9.17, 15) is 9.59 Å². The van der Waals surface area contributed by atoms with Gasteiger partial charge in [0.1, 0.15) is 0 Å². The number of furan rings is 1. The summed E-state index contributed by atoms with van der Waals surface area (Å²) in [5.74, 6) is 0.540. The van der Waals surface area contributed by atoms with Crippen molar-refractivity contribution in [1.29, 1.82) is 0 Å². The number of carbonyl (C=O) groups excluding carboxylic acids is 2. The Morgan fingerprint density at radius 2 is 1.79 bits per heavy atom. The van der Waals surface area contributed by atoms with Crippen molar-refractivity contribution >= 4 is 34.8 Å². The normalized spacial score (nSPS) is 19.2. The molecule has 0 bridgehead atoms. The molecular formula is C20H24ClN3O3S. The molecular weight excluding hydrogens is 398 g/mol. The second-order valence-electron chi connectivity index (χ2n) is 7.35. The van der Waals surface area contributed by atoms with E-state index in [-0.39, 0.29) is 17.7 Å². The third kappa shape index (κ3) is 4.42. The minimum absolute atomic E-state index is 0.0169. The smallest absolute Gasteiger partial charge is 0.289 e. The van der Waals surface area contributed by atoms with E-state index in [0.717, 1.165) is 49.9 Å². The molecule has 2 aliphatic rings. The fourth-order valence-electron chi connectivity index (χ4n) is 3.93. The first-order chi connectivity index (χ1) is 13.6. The summed E-state index contributed by atoms with van der Waals surface area (Å²) in [6, 6.07) is 7.41. The molecule has 0 unspecified atom stereocenters. The summed E-state index contributed by atoms with van der Waals surface area (Å²) in [6.07, 6.45) is 2.95. The lowest BCUT2D eigenvalue weighted by molar-refractivity contribution is -0.138. The van der Waals surface area contributed by atoms with Gasteiger partial charge < -0.3 is 14.2 Å². The number of amides is 2. The zero-order valence-corrected chi connectivity index (χ0v) is 17.3. The predicted octanol–water partition coefficient (Wildman–Crippen LogP) is 3.19.